The van der Waals surface area contributed by atoms with E-state index in [1.54, 1.807) is 29.8 Å². The zero-order valence-corrected chi connectivity index (χ0v) is 17.2. The highest BCUT2D eigenvalue weighted by molar-refractivity contribution is 6.04. The van der Waals surface area contributed by atoms with Crippen LogP contribution in [0.3, 0.4) is 0 Å². The fourth-order valence-electron chi connectivity index (χ4n) is 4.09. The van der Waals surface area contributed by atoms with Gasteiger partial charge >= 0.3 is 0 Å². The Morgan fingerprint density at radius 3 is 2.36 bits per heavy atom. The zero-order chi connectivity index (χ0) is 20.3. The van der Waals surface area contributed by atoms with Gasteiger partial charge in [0.25, 0.3) is 5.91 Å². The van der Waals surface area contributed by atoms with Crippen molar-refractivity contribution in [3.05, 3.63) is 76.4 Å². The van der Waals surface area contributed by atoms with E-state index in [1.807, 2.05) is 24.3 Å². The van der Waals surface area contributed by atoms with Crippen LogP contribution < -0.4 is 5.32 Å². The van der Waals surface area contributed by atoms with Gasteiger partial charge in [-0.25, -0.2) is 0 Å². The molecule has 2 aromatic carbocycles. The summed E-state index contributed by atoms with van der Waals surface area (Å²) in [4.78, 5) is 12.4. The fraction of sp³-hybridized carbons (Fsp3) is 0.320. The molecule has 0 aromatic heterocycles. The monoisotopic (exact) mass is 375 g/mol. The molecular formula is C25H29NO2. The summed E-state index contributed by atoms with van der Waals surface area (Å²) in [7, 11) is 0. The van der Waals surface area contributed by atoms with Gasteiger partial charge in [0, 0.05) is 11.3 Å². The molecule has 0 unspecified atom stereocenters. The number of carbonyl (C=O) groups is 1. The summed E-state index contributed by atoms with van der Waals surface area (Å²) in [6.07, 6.45) is 5.60. The summed E-state index contributed by atoms with van der Waals surface area (Å²) in [6.45, 7) is 9.16. The quantitative estimate of drug-likeness (QED) is 0.593. The molecule has 3 rings (SSSR count). The Kier molecular flexibility index (Phi) is 5.73. The molecule has 3 heteroatoms. The van der Waals surface area contributed by atoms with Crippen molar-refractivity contribution < 1.29 is 9.90 Å². The van der Waals surface area contributed by atoms with E-state index in [1.165, 1.54) is 17.6 Å². The molecule has 1 aliphatic carbocycles. The Hall–Kier alpha value is -2.81. The summed E-state index contributed by atoms with van der Waals surface area (Å²) in [6, 6.07) is 14.2. The number of hydrogen-bond acceptors (Lipinski definition) is 2. The third kappa shape index (κ3) is 4.36. The number of allylic oxidation sites excluding steroid dienone is 3. The molecule has 0 bridgehead atoms. The number of rotatable bonds is 4. The Morgan fingerprint density at radius 2 is 1.75 bits per heavy atom. The summed E-state index contributed by atoms with van der Waals surface area (Å²) < 4.78 is 0. The lowest BCUT2D eigenvalue weighted by molar-refractivity contribution is 0.102. The Bertz CT molecular complexity index is 916. The van der Waals surface area contributed by atoms with Crippen molar-refractivity contribution in [3.63, 3.8) is 0 Å². The van der Waals surface area contributed by atoms with E-state index >= 15 is 0 Å². The predicted octanol–water partition coefficient (Wildman–Crippen LogP) is 6.57. The van der Waals surface area contributed by atoms with Crippen LogP contribution in [0, 0.1) is 5.41 Å². The van der Waals surface area contributed by atoms with Crippen molar-refractivity contribution in [1.82, 2.24) is 0 Å². The van der Waals surface area contributed by atoms with Crippen molar-refractivity contribution in [3.8, 4) is 5.75 Å². The summed E-state index contributed by atoms with van der Waals surface area (Å²) in [5, 5.41) is 12.2. The molecule has 0 radical (unpaired) electrons. The number of aromatic hydroxyl groups is 1. The van der Waals surface area contributed by atoms with E-state index < -0.39 is 0 Å². The van der Waals surface area contributed by atoms with E-state index in [0.29, 0.717) is 11.3 Å². The maximum Gasteiger partial charge on any atom is 0.255 e. The van der Waals surface area contributed by atoms with Gasteiger partial charge in [-0.2, -0.15) is 0 Å². The number of amides is 1. The van der Waals surface area contributed by atoms with Gasteiger partial charge in [0.05, 0.1) is 0 Å². The third-order valence-corrected chi connectivity index (χ3v) is 5.76. The Labute approximate surface area is 167 Å². The molecule has 0 fully saturated rings. The molecule has 2 aromatic rings. The largest absolute Gasteiger partial charge is 0.508 e. The van der Waals surface area contributed by atoms with Crippen molar-refractivity contribution in [1.29, 1.82) is 0 Å². The van der Waals surface area contributed by atoms with Gasteiger partial charge in [-0.05, 0) is 84.7 Å². The van der Waals surface area contributed by atoms with Gasteiger partial charge in [0.1, 0.15) is 5.75 Å². The van der Waals surface area contributed by atoms with Crippen molar-refractivity contribution in [2.45, 2.75) is 47.0 Å². The number of anilines is 1. The number of phenols is 1. The first-order valence-corrected chi connectivity index (χ1v) is 9.92. The number of benzene rings is 2. The lowest BCUT2D eigenvalue weighted by Crippen LogP contribution is -2.21. The zero-order valence-electron chi connectivity index (χ0n) is 17.2. The molecule has 0 heterocycles. The molecule has 146 valence electrons. The maximum atomic E-state index is 12.4. The molecule has 28 heavy (non-hydrogen) atoms. The fourth-order valence-corrected chi connectivity index (χ4v) is 4.09. The van der Waals surface area contributed by atoms with E-state index in [2.05, 4.69) is 39.1 Å². The lowest BCUT2D eigenvalue weighted by atomic mass is 9.70. The van der Waals surface area contributed by atoms with Gasteiger partial charge in [0.2, 0.25) is 0 Å². The van der Waals surface area contributed by atoms with Gasteiger partial charge in [0.15, 0.2) is 0 Å². The third-order valence-electron chi connectivity index (χ3n) is 5.76. The number of hydrogen-bond donors (Lipinski definition) is 2. The highest BCUT2D eigenvalue weighted by Crippen LogP contribution is 2.44. The average molecular weight is 376 g/mol. The normalized spacial score (nSPS) is 17.6. The van der Waals surface area contributed by atoms with Crippen molar-refractivity contribution in [2.75, 3.05) is 5.32 Å². The molecule has 1 aliphatic rings. The number of nitrogens with one attached hydrogen (secondary N) is 1. The molecule has 0 spiro atoms. The van der Waals surface area contributed by atoms with Gasteiger partial charge < -0.3 is 10.4 Å². The average Bonchev–Trinajstić information content (AvgIpc) is 2.66. The van der Waals surface area contributed by atoms with E-state index in [0.717, 1.165) is 18.4 Å². The molecule has 3 nitrogen and oxygen atoms in total. The van der Waals surface area contributed by atoms with Crippen LogP contribution in [-0.4, -0.2) is 11.0 Å². The summed E-state index contributed by atoms with van der Waals surface area (Å²) >= 11 is 0. The predicted molar refractivity (Wildman–Crippen MR) is 116 cm³/mol. The van der Waals surface area contributed by atoms with E-state index in [4.69, 9.17) is 0 Å². The molecule has 2 N–H and O–H groups in total. The topological polar surface area (TPSA) is 49.3 Å². The van der Waals surface area contributed by atoms with E-state index in [-0.39, 0.29) is 17.1 Å². The highest BCUT2D eigenvalue weighted by Gasteiger charge is 2.29. The van der Waals surface area contributed by atoms with Crippen molar-refractivity contribution >= 4 is 17.7 Å². The van der Waals surface area contributed by atoms with Gasteiger partial charge in [-0.15, -0.1) is 0 Å². The molecule has 0 saturated heterocycles. The lowest BCUT2D eigenvalue weighted by Gasteiger charge is -2.35. The Morgan fingerprint density at radius 1 is 1.11 bits per heavy atom. The van der Waals surface area contributed by atoms with Gasteiger partial charge in [-0.3, -0.25) is 4.79 Å². The minimum absolute atomic E-state index is 0.159. The Balaban J connectivity index is 1.76. The SMILES string of the molecule is CCC1=C(C)C(=Cc2ccc(C(=O)Nc3ccc(O)cc3)cc2)CCC1(C)C. The smallest absolute Gasteiger partial charge is 0.255 e. The number of phenolic OH excluding ortho intramolecular Hbond substituents is 1. The molecule has 1 amide bonds. The van der Waals surface area contributed by atoms with Crippen LogP contribution in [-0.2, 0) is 0 Å². The minimum Gasteiger partial charge on any atom is -0.508 e. The second-order valence-electron chi connectivity index (χ2n) is 8.13. The maximum absolute atomic E-state index is 12.4. The second-order valence-corrected chi connectivity index (χ2v) is 8.13. The van der Waals surface area contributed by atoms with Crippen LogP contribution in [0.4, 0.5) is 5.69 Å². The molecule has 0 atom stereocenters. The van der Waals surface area contributed by atoms with Crippen LogP contribution >= 0.6 is 0 Å². The van der Waals surface area contributed by atoms with Crippen LogP contribution in [0.5, 0.6) is 5.75 Å². The second kappa shape index (κ2) is 8.05. The first kappa shape index (κ1) is 19.9. The van der Waals surface area contributed by atoms with E-state index in [9.17, 15) is 9.90 Å². The van der Waals surface area contributed by atoms with Crippen LogP contribution in [0.25, 0.3) is 6.08 Å². The highest BCUT2D eigenvalue weighted by atomic mass is 16.3. The van der Waals surface area contributed by atoms with Crippen LogP contribution in [0.1, 0.15) is 62.9 Å². The number of carbonyl (C=O) groups excluding carboxylic acids is 1. The summed E-state index contributed by atoms with van der Waals surface area (Å²) in [5.74, 6) is 0.0192. The molecular weight excluding hydrogens is 346 g/mol. The first-order valence-electron chi connectivity index (χ1n) is 9.92. The minimum atomic E-state index is -0.159. The molecule has 0 saturated carbocycles. The van der Waals surface area contributed by atoms with Crippen LogP contribution in [0.15, 0.2) is 65.3 Å². The van der Waals surface area contributed by atoms with Gasteiger partial charge in [-0.1, -0.05) is 44.6 Å². The van der Waals surface area contributed by atoms with Crippen LogP contribution in [0.2, 0.25) is 0 Å². The first-order chi connectivity index (χ1) is 13.3. The summed E-state index contributed by atoms with van der Waals surface area (Å²) in [5.41, 5.74) is 7.05. The van der Waals surface area contributed by atoms with Crippen molar-refractivity contribution in [2.24, 2.45) is 5.41 Å². The standard InChI is InChI=1S/C25H29NO2/c1-5-23-17(2)20(14-15-25(23,3)4)16-18-6-8-19(9-7-18)24(28)26-21-10-12-22(27)13-11-21/h6-13,16,27H,5,14-15H2,1-4H3,(H,26,28). The molecule has 0 aliphatic heterocycles.